The van der Waals surface area contributed by atoms with Gasteiger partial charge >= 0.3 is 0 Å². The van der Waals surface area contributed by atoms with E-state index in [1.807, 2.05) is 0 Å². The zero-order valence-electron chi connectivity index (χ0n) is 20.4. The Kier molecular flexibility index (Phi) is 9.81. The number of ketones is 2. The molecule has 1 aliphatic rings. The minimum absolute atomic E-state index is 0.0156. The zero-order chi connectivity index (χ0) is 26.9. The Hall–Kier alpha value is -3.70. The first-order valence-corrected chi connectivity index (χ1v) is 11.5. The van der Waals surface area contributed by atoms with Crippen molar-refractivity contribution in [3.05, 3.63) is 59.7 Å². The first kappa shape index (κ1) is 27.9. The number of rotatable bonds is 11. The van der Waals surface area contributed by atoms with Crippen molar-refractivity contribution in [3.63, 3.8) is 0 Å². The van der Waals surface area contributed by atoms with Crippen LogP contribution in [-0.2, 0) is 14.3 Å². The van der Waals surface area contributed by atoms with Gasteiger partial charge in [0.25, 0.3) is 0 Å². The van der Waals surface area contributed by atoms with Gasteiger partial charge in [-0.05, 0) is 47.5 Å². The van der Waals surface area contributed by atoms with Crippen LogP contribution in [0.4, 0.5) is 0 Å². The zero-order valence-corrected chi connectivity index (χ0v) is 20.4. The van der Waals surface area contributed by atoms with E-state index >= 15 is 0 Å². The molecule has 1 heterocycles. The summed E-state index contributed by atoms with van der Waals surface area (Å²) in [4.78, 5) is 24.4. The number of carbonyl (C=O) groups is 2. The van der Waals surface area contributed by atoms with E-state index in [9.17, 15) is 30.0 Å². The Morgan fingerprint density at radius 3 is 2.11 bits per heavy atom. The summed E-state index contributed by atoms with van der Waals surface area (Å²) in [6.07, 6.45) is 1.57. The molecule has 3 rings (SSSR count). The van der Waals surface area contributed by atoms with Crippen LogP contribution in [0.2, 0.25) is 0 Å². The quantitative estimate of drug-likeness (QED) is 0.258. The molecule has 0 saturated carbocycles. The van der Waals surface area contributed by atoms with E-state index in [1.165, 1.54) is 44.6 Å². The van der Waals surface area contributed by atoms with Crippen LogP contribution in [0.3, 0.4) is 0 Å². The Morgan fingerprint density at radius 2 is 1.51 bits per heavy atom. The fourth-order valence-corrected chi connectivity index (χ4v) is 3.60. The largest absolute Gasteiger partial charge is 0.504 e. The Bertz CT molecular complexity index is 1160. The average Bonchev–Trinajstić information content (AvgIpc) is 2.90. The van der Waals surface area contributed by atoms with Crippen molar-refractivity contribution in [3.8, 4) is 23.0 Å². The molecule has 4 atom stereocenters. The fraction of sp³-hybridized carbons (Fsp3) is 0.333. The molecule has 37 heavy (non-hydrogen) atoms. The SMILES string of the molecule is COc1cc(/C=C/C(=O)CC(=O)/C=C/c2ccc(OC3OCC(CO)C(O)C3O)c(OC)c2)ccc1O. The van der Waals surface area contributed by atoms with Gasteiger partial charge in [-0.1, -0.05) is 24.3 Å². The first-order chi connectivity index (χ1) is 17.7. The van der Waals surface area contributed by atoms with Gasteiger partial charge < -0.3 is 39.4 Å². The molecule has 2 aromatic rings. The Morgan fingerprint density at radius 1 is 0.919 bits per heavy atom. The van der Waals surface area contributed by atoms with Gasteiger partial charge in [0.2, 0.25) is 6.29 Å². The summed E-state index contributed by atoms with van der Waals surface area (Å²) in [6.45, 7) is -0.314. The third-order valence-electron chi connectivity index (χ3n) is 5.73. The minimum atomic E-state index is -1.37. The van der Waals surface area contributed by atoms with Crippen molar-refractivity contribution in [2.45, 2.75) is 24.9 Å². The molecule has 0 amide bonds. The number of methoxy groups -OCH3 is 2. The molecule has 1 saturated heterocycles. The average molecular weight is 515 g/mol. The molecule has 1 fully saturated rings. The van der Waals surface area contributed by atoms with Crippen molar-refractivity contribution in [2.75, 3.05) is 27.4 Å². The number of aliphatic hydroxyl groups is 3. The number of phenols is 1. The lowest BCUT2D eigenvalue weighted by Gasteiger charge is -2.36. The summed E-state index contributed by atoms with van der Waals surface area (Å²) in [5.41, 5.74) is 1.23. The Balaban J connectivity index is 1.58. The van der Waals surface area contributed by atoms with E-state index in [0.717, 1.165) is 0 Å². The minimum Gasteiger partial charge on any atom is -0.504 e. The summed E-state index contributed by atoms with van der Waals surface area (Å²) >= 11 is 0. The van der Waals surface area contributed by atoms with Gasteiger partial charge in [-0.2, -0.15) is 0 Å². The molecule has 0 spiro atoms. The molecule has 2 aromatic carbocycles. The van der Waals surface area contributed by atoms with Crippen LogP contribution in [0.5, 0.6) is 23.0 Å². The monoisotopic (exact) mass is 514 g/mol. The Labute approximate surface area is 214 Å². The van der Waals surface area contributed by atoms with Crippen molar-refractivity contribution < 1.29 is 49.0 Å². The molecule has 4 N–H and O–H groups in total. The van der Waals surface area contributed by atoms with Gasteiger partial charge in [0, 0.05) is 5.92 Å². The molecule has 1 aliphatic heterocycles. The number of phenolic OH excluding ortho intramolecular Hbond substituents is 1. The van der Waals surface area contributed by atoms with E-state index in [0.29, 0.717) is 16.9 Å². The highest BCUT2D eigenvalue weighted by Gasteiger charge is 2.39. The summed E-state index contributed by atoms with van der Waals surface area (Å²) < 4.78 is 21.4. The predicted molar refractivity (Wildman–Crippen MR) is 133 cm³/mol. The standard InChI is InChI=1S/C27H30O10/c1-34-23-11-16(5-9-21(23)31)3-7-19(29)13-20(30)8-4-17-6-10-22(24(12-17)35-2)37-27-26(33)25(32)18(14-28)15-36-27/h3-12,18,25-28,31-33H,13-15H2,1-2H3/b7-3+,8-4+. The molecule has 0 bridgehead atoms. The molecule has 0 aromatic heterocycles. The third-order valence-corrected chi connectivity index (χ3v) is 5.73. The van der Waals surface area contributed by atoms with E-state index in [-0.39, 0.29) is 42.7 Å². The lowest BCUT2D eigenvalue weighted by molar-refractivity contribution is -0.232. The maximum absolute atomic E-state index is 12.2. The van der Waals surface area contributed by atoms with Crippen LogP contribution >= 0.6 is 0 Å². The third kappa shape index (κ3) is 7.40. The number of benzene rings is 2. The molecule has 0 aliphatic carbocycles. The summed E-state index contributed by atoms with van der Waals surface area (Å²) in [5, 5.41) is 39.2. The van der Waals surface area contributed by atoms with Crippen molar-refractivity contribution in [2.24, 2.45) is 5.92 Å². The van der Waals surface area contributed by atoms with Gasteiger partial charge in [-0.3, -0.25) is 9.59 Å². The highest BCUT2D eigenvalue weighted by atomic mass is 16.7. The van der Waals surface area contributed by atoms with Crippen LogP contribution in [-0.4, -0.2) is 77.9 Å². The smallest absolute Gasteiger partial charge is 0.228 e. The molecule has 198 valence electrons. The first-order valence-electron chi connectivity index (χ1n) is 11.5. The molecule has 4 unspecified atom stereocenters. The fourth-order valence-electron chi connectivity index (χ4n) is 3.60. The van der Waals surface area contributed by atoms with Crippen LogP contribution in [0.25, 0.3) is 12.2 Å². The van der Waals surface area contributed by atoms with Gasteiger partial charge in [-0.25, -0.2) is 0 Å². The normalized spacial score (nSPS) is 21.8. The summed E-state index contributed by atoms with van der Waals surface area (Å²) in [7, 11) is 2.84. The van der Waals surface area contributed by atoms with Crippen molar-refractivity contribution >= 4 is 23.7 Å². The highest BCUT2D eigenvalue weighted by Crippen LogP contribution is 2.32. The topological polar surface area (TPSA) is 152 Å². The van der Waals surface area contributed by atoms with Gasteiger partial charge in [0.15, 0.2) is 34.6 Å². The lowest BCUT2D eigenvalue weighted by atomic mass is 9.96. The van der Waals surface area contributed by atoms with Gasteiger partial charge in [-0.15, -0.1) is 0 Å². The molecule has 10 heteroatoms. The second-order valence-corrected chi connectivity index (χ2v) is 8.36. The summed E-state index contributed by atoms with van der Waals surface area (Å²) in [6, 6.07) is 9.42. The molecular formula is C27H30O10. The number of allylic oxidation sites excluding steroid dienone is 2. The number of aromatic hydroxyl groups is 1. The second kappa shape index (κ2) is 13.0. The molecular weight excluding hydrogens is 484 g/mol. The maximum atomic E-state index is 12.2. The lowest BCUT2D eigenvalue weighted by Crippen LogP contribution is -2.53. The van der Waals surface area contributed by atoms with E-state index in [4.69, 9.17) is 18.9 Å². The maximum Gasteiger partial charge on any atom is 0.228 e. The van der Waals surface area contributed by atoms with E-state index < -0.39 is 30.2 Å². The number of carbonyl (C=O) groups excluding carboxylic acids is 2. The number of aliphatic hydroxyl groups excluding tert-OH is 3. The summed E-state index contributed by atoms with van der Waals surface area (Å²) in [5.74, 6) is -0.597. The van der Waals surface area contributed by atoms with Gasteiger partial charge in [0.1, 0.15) is 6.10 Å². The van der Waals surface area contributed by atoms with Crippen molar-refractivity contribution in [1.82, 2.24) is 0 Å². The highest BCUT2D eigenvalue weighted by molar-refractivity contribution is 6.10. The predicted octanol–water partition coefficient (Wildman–Crippen LogP) is 1.73. The van der Waals surface area contributed by atoms with Crippen LogP contribution in [0.1, 0.15) is 17.5 Å². The van der Waals surface area contributed by atoms with E-state index in [2.05, 4.69) is 0 Å². The second-order valence-electron chi connectivity index (χ2n) is 8.36. The van der Waals surface area contributed by atoms with Crippen LogP contribution in [0.15, 0.2) is 48.6 Å². The van der Waals surface area contributed by atoms with Crippen molar-refractivity contribution in [1.29, 1.82) is 0 Å². The molecule has 0 radical (unpaired) electrons. The van der Waals surface area contributed by atoms with Gasteiger partial charge in [0.05, 0.1) is 40.0 Å². The molecule has 10 nitrogen and oxygen atoms in total. The van der Waals surface area contributed by atoms with Crippen LogP contribution in [0, 0.1) is 5.92 Å². The number of hydrogen-bond acceptors (Lipinski definition) is 10. The van der Waals surface area contributed by atoms with Crippen LogP contribution < -0.4 is 14.2 Å². The van der Waals surface area contributed by atoms with E-state index in [1.54, 1.807) is 30.3 Å². The number of ether oxygens (including phenoxy) is 4. The number of hydrogen-bond donors (Lipinski definition) is 4.